The van der Waals surface area contributed by atoms with Crippen LogP contribution in [0.3, 0.4) is 0 Å². The number of carbonyl (C=O) groups excluding carboxylic acids is 1. The Balaban J connectivity index is 1.73. The second-order valence-corrected chi connectivity index (χ2v) is 8.65. The van der Waals surface area contributed by atoms with Gasteiger partial charge in [0.05, 0.1) is 17.0 Å². The molecule has 2 saturated heterocycles. The summed E-state index contributed by atoms with van der Waals surface area (Å²) in [6.45, 7) is 8.09. The fourth-order valence-electron chi connectivity index (χ4n) is 4.27. The zero-order valence-corrected chi connectivity index (χ0v) is 16.3. The molecule has 2 fully saturated rings. The normalized spacial score (nSPS) is 22.6. The van der Waals surface area contributed by atoms with Gasteiger partial charge in [0, 0.05) is 19.8 Å². The topological polar surface area (TPSA) is 73.1 Å². The van der Waals surface area contributed by atoms with Crippen LogP contribution >= 0.6 is 0 Å². The Labute approximate surface area is 159 Å². The van der Waals surface area contributed by atoms with E-state index in [4.69, 9.17) is 4.74 Å². The van der Waals surface area contributed by atoms with Gasteiger partial charge >= 0.3 is 0 Å². The highest BCUT2D eigenvalue weighted by Crippen LogP contribution is 2.50. The second-order valence-electron chi connectivity index (χ2n) is 8.65. The van der Waals surface area contributed by atoms with Crippen molar-refractivity contribution in [3.8, 4) is 0 Å². The Morgan fingerprint density at radius 3 is 2.56 bits per heavy atom. The van der Waals surface area contributed by atoms with E-state index < -0.39 is 0 Å². The molecule has 2 aliphatic heterocycles. The van der Waals surface area contributed by atoms with Crippen LogP contribution in [0, 0.1) is 5.41 Å². The summed E-state index contributed by atoms with van der Waals surface area (Å²) in [5, 5.41) is 12.5. The molecule has 1 unspecified atom stereocenters. The highest BCUT2D eigenvalue weighted by atomic mass is 16.5. The molecule has 0 radical (unpaired) electrons. The number of tetrazole rings is 1. The number of amides is 1. The number of ether oxygens (including phenoxy) is 1. The lowest BCUT2D eigenvalue weighted by Gasteiger charge is -2.31. The molecule has 2 aromatic rings. The zero-order chi connectivity index (χ0) is 19.1. The molecule has 3 heterocycles. The summed E-state index contributed by atoms with van der Waals surface area (Å²) in [5.74, 6) is 0.985. The molecular weight excluding hydrogens is 342 g/mol. The van der Waals surface area contributed by atoms with Gasteiger partial charge in [0.25, 0.3) is 0 Å². The molecule has 4 rings (SSSR count). The molecule has 144 valence electrons. The summed E-state index contributed by atoms with van der Waals surface area (Å²) in [4.78, 5) is 15.5. The highest BCUT2D eigenvalue weighted by Gasteiger charge is 2.54. The molecular formula is C20H27N5O2. The molecule has 1 spiro atoms. The third-order valence-electron chi connectivity index (χ3n) is 5.75. The molecule has 0 saturated carbocycles. The van der Waals surface area contributed by atoms with Gasteiger partial charge in [0.2, 0.25) is 5.91 Å². The molecule has 1 amide bonds. The zero-order valence-electron chi connectivity index (χ0n) is 16.3. The number of benzene rings is 1. The van der Waals surface area contributed by atoms with E-state index in [0.29, 0.717) is 19.8 Å². The SMILES string of the molecule is CC(C)(C)n1nnnc1C1CC2(CCOCC2)C(=O)N1Cc1ccccc1. The molecule has 0 bridgehead atoms. The predicted molar refractivity (Wildman–Crippen MR) is 99.6 cm³/mol. The van der Waals surface area contributed by atoms with Crippen molar-refractivity contribution >= 4 is 5.91 Å². The Bertz CT molecular complexity index is 805. The van der Waals surface area contributed by atoms with E-state index in [1.54, 1.807) is 0 Å². The van der Waals surface area contributed by atoms with Crippen LogP contribution in [0.15, 0.2) is 30.3 Å². The second kappa shape index (κ2) is 6.71. The van der Waals surface area contributed by atoms with Crippen LogP contribution in [0.4, 0.5) is 0 Å². The fraction of sp³-hybridized carbons (Fsp3) is 0.600. The smallest absolute Gasteiger partial charge is 0.229 e. The van der Waals surface area contributed by atoms with Gasteiger partial charge in [-0.1, -0.05) is 30.3 Å². The summed E-state index contributed by atoms with van der Waals surface area (Å²) < 4.78 is 7.41. The quantitative estimate of drug-likeness (QED) is 0.832. The van der Waals surface area contributed by atoms with Gasteiger partial charge in [-0.05, 0) is 56.0 Å². The summed E-state index contributed by atoms with van der Waals surface area (Å²) in [7, 11) is 0. The van der Waals surface area contributed by atoms with Crippen molar-refractivity contribution in [3.63, 3.8) is 0 Å². The van der Waals surface area contributed by atoms with E-state index in [-0.39, 0.29) is 22.9 Å². The van der Waals surface area contributed by atoms with E-state index in [1.807, 2.05) is 27.8 Å². The lowest BCUT2D eigenvalue weighted by Crippen LogP contribution is -2.39. The van der Waals surface area contributed by atoms with Crippen molar-refractivity contribution < 1.29 is 9.53 Å². The number of rotatable bonds is 3. The third kappa shape index (κ3) is 3.25. The van der Waals surface area contributed by atoms with Gasteiger partial charge in [-0.25, -0.2) is 4.68 Å². The first-order valence-electron chi connectivity index (χ1n) is 9.62. The van der Waals surface area contributed by atoms with Gasteiger partial charge in [0.1, 0.15) is 0 Å². The molecule has 2 aliphatic rings. The van der Waals surface area contributed by atoms with E-state index in [9.17, 15) is 4.79 Å². The van der Waals surface area contributed by atoms with E-state index in [2.05, 4.69) is 48.4 Å². The average Bonchev–Trinajstić information content (AvgIpc) is 3.23. The number of carbonyl (C=O) groups is 1. The number of hydrogen-bond acceptors (Lipinski definition) is 5. The van der Waals surface area contributed by atoms with Crippen LogP contribution in [0.5, 0.6) is 0 Å². The number of nitrogens with zero attached hydrogens (tertiary/aromatic N) is 5. The summed E-state index contributed by atoms with van der Waals surface area (Å²) in [5.41, 5.74) is 0.521. The van der Waals surface area contributed by atoms with Crippen LogP contribution in [0.2, 0.25) is 0 Å². The van der Waals surface area contributed by atoms with Crippen molar-refractivity contribution in [1.29, 1.82) is 0 Å². The minimum absolute atomic E-state index is 0.120. The Hall–Kier alpha value is -2.28. The summed E-state index contributed by atoms with van der Waals surface area (Å²) in [6, 6.07) is 10.0. The first-order valence-corrected chi connectivity index (χ1v) is 9.62. The lowest BCUT2D eigenvalue weighted by atomic mass is 9.77. The van der Waals surface area contributed by atoms with E-state index in [0.717, 1.165) is 30.7 Å². The largest absolute Gasteiger partial charge is 0.381 e. The van der Waals surface area contributed by atoms with Crippen molar-refractivity contribution in [2.45, 2.75) is 58.2 Å². The third-order valence-corrected chi connectivity index (χ3v) is 5.75. The van der Waals surface area contributed by atoms with Crippen molar-refractivity contribution in [2.24, 2.45) is 5.41 Å². The molecule has 1 aromatic carbocycles. The molecule has 0 N–H and O–H groups in total. The molecule has 7 heteroatoms. The summed E-state index contributed by atoms with van der Waals surface area (Å²) in [6.07, 6.45) is 2.29. The van der Waals surface area contributed by atoms with Gasteiger partial charge in [0.15, 0.2) is 5.82 Å². The predicted octanol–water partition coefficient (Wildman–Crippen LogP) is 2.70. The maximum atomic E-state index is 13.5. The monoisotopic (exact) mass is 369 g/mol. The van der Waals surface area contributed by atoms with Crippen molar-refractivity contribution in [2.75, 3.05) is 13.2 Å². The number of likely N-dealkylation sites (tertiary alicyclic amines) is 1. The maximum Gasteiger partial charge on any atom is 0.229 e. The van der Waals surface area contributed by atoms with Crippen molar-refractivity contribution in [1.82, 2.24) is 25.1 Å². The molecule has 0 aliphatic carbocycles. The van der Waals surface area contributed by atoms with Crippen LogP contribution in [0.25, 0.3) is 0 Å². The maximum absolute atomic E-state index is 13.5. The van der Waals surface area contributed by atoms with Crippen LogP contribution in [0.1, 0.15) is 57.5 Å². The Kier molecular flexibility index (Phi) is 4.50. The van der Waals surface area contributed by atoms with Crippen molar-refractivity contribution in [3.05, 3.63) is 41.7 Å². The van der Waals surface area contributed by atoms with Gasteiger partial charge in [-0.15, -0.1) is 5.10 Å². The Morgan fingerprint density at radius 1 is 1.19 bits per heavy atom. The molecule has 27 heavy (non-hydrogen) atoms. The number of aromatic nitrogens is 4. The molecule has 1 atom stereocenters. The van der Waals surface area contributed by atoms with Gasteiger partial charge in [-0.2, -0.15) is 0 Å². The fourth-order valence-corrected chi connectivity index (χ4v) is 4.27. The number of hydrogen-bond donors (Lipinski definition) is 0. The summed E-state index contributed by atoms with van der Waals surface area (Å²) >= 11 is 0. The van der Waals surface area contributed by atoms with Crippen LogP contribution < -0.4 is 0 Å². The molecule has 1 aromatic heterocycles. The minimum atomic E-state index is -0.355. The van der Waals surface area contributed by atoms with Gasteiger partial charge in [-0.3, -0.25) is 4.79 Å². The minimum Gasteiger partial charge on any atom is -0.381 e. The Morgan fingerprint density at radius 2 is 1.89 bits per heavy atom. The van der Waals surface area contributed by atoms with Crippen LogP contribution in [-0.2, 0) is 21.6 Å². The molecule has 7 nitrogen and oxygen atoms in total. The highest BCUT2D eigenvalue weighted by molar-refractivity contribution is 5.85. The van der Waals surface area contributed by atoms with E-state index in [1.165, 1.54) is 0 Å². The average molecular weight is 369 g/mol. The first-order chi connectivity index (χ1) is 12.9. The van der Waals surface area contributed by atoms with Gasteiger partial charge < -0.3 is 9.64 Å². The van der Waals surface area contributed by atoms with E-state index >= 15 is 0 Å². The first kappa shape index (κ1) is 18.1. The van der Waals surface area contributed by atoms with Crippen LogP contribution in [-0.4, -0.2) is 44.2 Å². The lowest BCUT2D eigenvalue weighted by molar-refractivity contribution is -0.141. The standard InChI is InChI=1S/C20H27N5O2/c1-19(2,3)25-17(21-22-23-25)16-13-20(9-11-27-12-10-20)18(26)24(16)14-15-7-5-4-6-8-15/h4-8,16H,9-14H2,1-3H3.